The number of carbonyl (C=O) groups is 1. The summed E-state index contributed by atoms with van der Waals surface area (Å²) >= 11 is 0. The molecule has 2 aromatic carbocycles. The van der Waals surface area contributed by atoms with Crippen LogP contribution in [0.15, 0.2) is 79.1 Å². The second-order valence-corrected chi connectivity index (χ2v) is 9.71. The summed E-state index contributed by atoms with van der Waals surface area (Å²) in [5, 5.41) is 10.3. The largest absolute Gasteiger partial charge is 0.369 e. The van der Waals surface area contributed by atoms with E-state index in [1.54, 1.807) is 42.7 Å². The van der Waals surface area contributed by atoms with Crippen molar-refractivity contribution in [3.8, 4) is 22.5 Å². The van der Waals surface area contributed by atoms with Crippen molar-refractivity contribution in [3.05, 3.63) is 96.1 Å². The summed E-state index contributed by atoms with van der Waals surface area (Å²) in [7, 11) is 2.14. The average molecular weight is 522 g/mol. The molecular formula is C30H28FN7O. The predicted octanol–water partition coefficient (Wildman–Crippen LogP) is 4.51. The fourth-order valence-electron chi connectivity index (χ4n) is 4.83. The normalized spacial score (nSPS) is 14.1. The lowest BCUT2D eigenvalue weighted by Gasteiger charge is -2.34. The van der Waals surface area contributed by atoms with Crippen LogP contribution in [0.5, 0.6) is 0 Å². The van der Waals surface area contributed by atoms with E-state index >= 15 is 4.39 Å². The number of hydrogen-bond donors (Lipinski definition) is 2. The number of pyridine rings is 2. The highest BCUT2D eigenvalue weighted by molar-refractivity contribution is 5.96. The van der Waals surface area contributed by atoms with E-state index in [0.29, 0.717) is 16.9 Å². The molecule has 196 valence electrons. The smallest absolute Gasteiger partial charge is 0.254 e. The number of likely N-dealkylation sites (N-methyl/N-ethyl adjacent to an activating group) is 1. The van der Waals surface area contributed by atoms with Gasteiger partial charge in [0.25, 0.3) is 5.91 Å². The standard InChI is InChI=1S/C30H28FN7O/c1-37-15-17-38(18-16-37)22-7-5-21(6-8-22)28-29-26(35-36-28)10-9-25(34-29)23-3-2-4-24(27(23)31)30(39)33-19-20-11-13-32-14-12-20/h2-14H,15-19H2,1H3,(H,33,39)(H,35,36). The van der Waals surface area contributed by atoms with Crippen molar-refractivity contribution in [3.63, 3.8) is 0 Å². The number of aromatic amines is 1. The molecule has 1 fully saturated rings. The first-order valence-corrected chi connectivity index (χ1v) is 12.9. The number of hydrogen-bond acceptors (Lipinski definition) is 6. The number of aromatic nitrogens is 4. The van der Waals surface area contributed by atoms with Gasteiger partial charge in [-0.15, -0.1) is 0 Å². The Morgan fingerprint density at radius 3 is 2.51 bits per heavy atom. The van der Waals surface area contributed by atoms with Crippen LogP contribution in [0, 0.1) is 5.82 Å². The zero-order chi connectivity index (χ0) is 26.8. The van der Waals surface area contributed by atoms with E-state index in [4.69, 9.17) is 4.98 Å². The van der Waals surface area contributed by atoms with Gasteiger partial charge in [0.15, 0.2) is 0 Å². The average Bonchev–Trinajstić information content (AvgIpc) is 3.40. The van der Waals surface area contributed by atoms with Crippen molar-refractivity contribution in [1.29, 1.82) is 0 Å². The van der Waals surface area contributed by atoms with E-state index in [2.05, 4.69) is 49.5 Å². The van der Waals surface area contributed by atoms with Gasteiger partial charge in [0, 0.05) is 61.9 Å². The monoisotopic (exact) mass is 521 g/mol. The van der Waals surface area contributed by atoms with Crippen molar-refractivity contribution in [2.75, 3.05) is 38.1 Å². The number of H-pyrrole nitrogens is 1. The lowest BCUT2D eigenvalue weighted by Crippen LogP contribution is -2.44. The van der Waals surface area contributed by atoms with E-state index < -0.39 is 11.7 Å². The number of halogens is 1. The molecule has 5 aromatic rings. The summed E-state index contributed by atoms with van der Waals surface area (Å²) in [6, 6.07) is 20.3. The summed E-state index contributed by atoms with van der Waals surface area (Å²) in [5.41, 5.74) is 5.74. The lowest BCUT2D eigenvalue weighted by molar-refractivity contribution is 0.0947. The number of piperazine rings is 1. The van der Waals surface area contributed by atoms with Gasteiger partial charge in [0.1, 0.15) is 17.0 Å². The van der Waals surface area contributed by atoms with Gasteiger partial charge in [-0.1, -0.05) is 18.2 Å². The van der Waals surface area contributed by atoms with E-state index in [0.717, 1.165) is 42.8 Å². The molecule has 8 nitrogen and oxygen atoms in total. The highest BCUT2D eigenvalue weighted by Crippen LogP contribution is 2.31. The SMILES string of the molecule is CN1CCN(c2ccc(-c3n[nH]c4ccc(-c5cccc(C(=O)NCc6ccncc6)c5F)nc34)cc2)CC1. The topological polar surface area (TPSA) is 90.0 Å². The van der Waals surface area contributed by atoms with Crippen molar-refractivity contribution in [2.24, 2.45) is 0 Å². The van der Waals surface area contributed by atoms with Gasteiger partial charge in [0.2, 0.25) is 0 Å². The molecule has 3 aromatic heterocycles. The zero-order valence-electron chi connectivity index (χ0n) is 21.6. The fourth-order valence-corrected chi connectivity index (χ4v) is 4.83. The third kappa shape index (κ3) is 5.08. The Morgan fingerprint density at radius 1 is 0.974 bits per heavy atom. The Balaban J connectivity index is 1.26. The molecule has 39 heavy (non-hydrogen) atoms. The van der Waals surface area contributed by atoms with Crippen LogP contribution in [0.25, 0.3) is 33.5 Å². The van der Waals surface area contributed by atoms with Gasteiger partial charge >= 0.3 is 0 Å². The fraction of sp³-hybridized carbons (Fsp3) is 0.200. The maximum absolute atomic E-state index is 15.6. The number of amides is 1. The molecule has 0 bridgehead atoms. The van der Waals surface area contributed by atoms with E-state index in [9.17, 15) is 4.79 Å². The van der Waals surface area contributed by atoms with Gasteiger partial charge < -0.3 is 15.1 Å². The minimum atomic E-state index is -0.613. The van der Waals surface area contributed by atoms with Crippen LogP contribution < -0.4 is 10.2 Å². The highest BCUT2D eigenvalue weighted by Gasteiger charge is 2.19. The second kappa shape index (κ2) is 10.6. The van der Waals surface area contributed by atoms with Crippen LogP contribution in [-0.4, -0.2) is 64.2 Å². The summed E-state index contributed by atoms with van der Waals surface area (Å²) in [6.07, 6.45) is 3.30. The van der Waals surface area contributed by atoms with Gasteiger partial charge in [-0.05, 0) is 61.1 Å². The first kappa shape index (κ1) is 24.7. The van der Waals surface area contributed by atoms with E-state index in [1.807, 2.05) is 18.2 Å². The molecule has 0 unspecified atom stereocenters. The molecule has 0 atom stereocenters. The lowest BCUT2D eigenvalue weighted by atomic mass is 10.0. The van der Waals surface area contributed by atoms with Crippen LogP contribution >= 0.6 is 0 Å². The van der Waals surface area contributed by atoms with Crippen LogP contribution in [0.1, 0.15) is 15.9 Å². The Bertz CT molecular complexity index is 1610. The number of benzene rings is 2. The van der Waals surface area contributed by atoms with Gasteiger partial charge in [0.05, 0.1) is 16.8 Å². The number of anilines is 1. The summed E-state index contributed by atoms with van der Waals surface area (Å²) < 4.78 is 15.6. The number of nitrogens with zero attached hydrogens (tertiary/aromatic N) is 5. The van der Waals surface area contributed by atoms with Crippen molar-refractivity contribution in [1.82, 2.24) is 30.4 Å². The third-order valence-electron chi connectivity index (χ3n) is 7.14. The van der Waals surface area contributed by atoms with Crippen LogP contribution in [0.4, 0.5) is 10.1 Å². The molecule has 9 heteroatoms. The van der Waals surface area contributed by atoms with Gasteiger partial charge in [-0.2, -0.15) is 5.10 Å². The van der Waals surface area contributed by atoms with Gasteiger partial charge in [-0.3, -0.25) is 14.9 Å². The molecule has 1 saturated heterocycles. The molecule has 1 aliphatic heterocycles. The maximum atomic E-state index is 15.6. The van der Waals surface area contributed by atoms with Crippen LogP contribution in [0.2, 0.25) is 0 Å². The minimum absolute atomic E-state index is 0.0321. The molecule has 1 amide bonds. The first-order valence-electron chi connectivity index (χ1n) is 12.9. The number of carbonyl (C=O) groups excluding carboxylic acids is 1. The number of nitrogens with one attached hydrogen (secondary N) is 2. The van der Waals surface area contributed by atoms with Crippen molar-refractivity contribution < 1.29 is 9.18 Å². The number of fused-ring (bicyclic) bond motifs is 1. The third-order valence-corrected chi connectivity index (χ3v) is 7.14. The molecule has 0 aliphatic carbocycles. The predicted molar refractivity (Wildman–Crippen MR) is 150 cm³/mol. The second-order valence-electron chi connectivity index (χ2n) is 9.71. The van der Waals surface area contributed by atoms with E-state index in [-0.39, 0.29) is 17.7 Å². The maximum Gasteiger partial charge on any atom is 0.254 e. The minimum Gasteiger partial charge on any atom is -0.369 e. The van der Waals surface area contributed by atoms with Gasteiger partial charge in [-0.25, -0.2) is 9.37 Å². The summed E-state index contributed by atoms with van der Waals surface area (Å²) in [5.74, 6) is -1.10. The molecule has 0 saturated carbocycles. The molecule has 2 N–H and O–H groups in total. The first-order chi connectivity index (χ1) is 19.1. The zero-order valence-corrected chi connectivity index (χ0v) is 21.6. The summed E-state index contributed by atoms with van der Waals surface area (Å²) in [4.78, 5) is 26.2. The Kier molecular flexibility index (Phi) is 6.73. The number of rotatable bonds is 6. The highest BCUT2D eigenvalue weighted by atomic mass is 19.1. The Morgan fingerprint density at radius 2 is 1.74 bits per heavy atom. The molecular weight excluding hydrogens is 493 g/mol. The molecule has 4 heterocycles. The van der Waals surface area contributed by atoms with Crippen LogP contribution in [-0.2, 0) is 6.54 Å². The molecule has 6 rings (SSSR count). The molecule has 0 spiro atoms. The van der Waals surface area contributed by atoms with Crippen LogP contribution in [0.3, 0.4) is 0 Å². The van der Waals surface area contributed by atoms with E-state index in [1.165, 1.54) is 11.8 Å². The Labute approximate surface area is 225 Å². The quantitative estimate of drug-likeness (QED) is 0.342. The van der Waals surface area contributed by atoms with Crippen molar-refractivity contribution >= 4 is 22.6 Å². The summed E-state index contributed by atoms with van der Waals surface area (Å²) in [6.45, 7) is 4.36. The molecule has 1 aliphatic rings. The Hall–Kier alpha value is -4.63. The van der Waals surface area contributed by atoms with Crippen molar-refractivity contribution in [2.45, 2.75) is 6.54 Å². The molecule has 0 radical (unpaired) electrons.